The van der Waals surface area contributed by atoms with E-state index in [1.165, 1.54) is 30.5 Å². The highest BCUT2D eigenvalue weighted by Gasteiger charge is 2.37. The maximum Gasteiger partial charge on any atom is 0.261 e. The van der Waals surface area contributed by atoms with E-state index in [1.54, 1.807) is 4.68 Å². The number of nitrogens with zero attached hydrogens (tertiary/aromatic N) is 2. The lowest BCUT2D eigenvalue weighted by atomic mass is 9.85. The lowest BCUT2D eigenvalue weighted by Crippen LogP contribution is -2.32. The molecule has 2 heterocycles. The van der Waals surface area contributed by atoms with Crippen LogP contribution in [0, 0.1) is 5.82 Å². The SMILES string of the molecule is O=C1CCCC2=C1[C@@H](c1ccccc1)n1ncc(C(=O)Nc3ccc(F)cc3)c1N2. The molecular formula is C23H19FN4O2. The monoisotopic (exact) mass is 402 g/mol. The van der Waals surface area contributed by atoms with Crippen LogP contribution in [0.5, 0.6) is 0 Å². The lowest BCUT2D eigenvalue weighted by molar-refractivity contribution is -0.116. The Kier molecular flexibility index (Phi) is 4.43. The number of allylic oxidation sites excluding steroid dienone is 2. The average Bonchev–Trinajstić information content (AvgIpc) is 3.18. The third-order valence-electron chi connectivity index (χ3n) is 5.50. The van der Waals surface area contributed by atoms with Crippen LogP contribution in [-0.4, -0.2) is 21.5 Å². The number of nitrogens with one attached hydrogen (secondary N) is 2. The molecule has 5 rings (SSSR count). The van der Waals surface area contributed by atoms with Gasteiger partial charge in [0.25, 0.3) is 5.91 Å². The Hall–Kier alpha value is -3.74. The summed E-state index contributed by atoms with van der Waals surface area (Å²) >= 11 is 0. The fraction of sp³-hybridized carbons (Fsp3) is 0.174. The maximum atomic E-state index is 13.1. The Morgan fingerprint density at radius 1 is 1.10 bits per heavy atom. The van der Waals surface area contributed by atoms with Crippen molar-refractivity contribution >= 4 is 23.2 Å². The van der Waals surface area contributed by atoms with Gasteiger partial charge in [0, 0.05) is 23.4 Å². The van der Waals surface area contributed by atoms with Crippen LogP contribution in [0.3, 0.4) is 0 Å². The number of aromatic nitrogens is 2. The van der Waals surface area contributed by atoms with E-state index in [4.69, 9.17) is 0 Å². The van der Waals surface area contributed by atoms with Gasteiger partial charge in [0.15, 0.2) is 5.78 Å². The van der Waals surface area contributed by atoms with Crippen LogP contribution >= 0.6 is 0 Å². The summed E-state index contributed by atoms with van der Waals surface area (Å²) in [5.41, 5.74) is 3.36. The average molecular weight is 402 g/mol. The van der Waals surface area contributed by atoms with Gasteiger partial charge in [-0.1, -0.05) is 30.3 Å². The summed E-state index contributed by atoms with van der Waals surface area (Å²) in [6.45, 7) is 0. The molecule has 0 bridgehead atoms. The van der Waals surface area contributed by atoms with Crippen molar-refractivity contribution in [3.63, 3.8) is 0 Å². The molecule has 0 fully saturated rings. The number of anilines is 2. The summed E-state index contributed by atoms with van der Waals surface area (Å²) in [4.78, 5) is 25.7. The van der Waals surface area contributed by atoms with Crippen molar-refractivity contribution in [2.75, 3.05) is 10.6 Å². The number of Topliss-reactive ketones (excluding diaryl/α,β-unsaturated/α-hetero) is 1. The van der Waals surface area contributed by atoms with Gasteiger partial charge >= 0.3 is 0 Å². The van der Waals surface area contributed by atoms with Gasteiger partial charge < -0.3 is 10.6 Å². The molecule has 1 aliphatic heterocycles. The molecule has 150 valence electrons. The zero-order valence-corrected chi connectivity index (χ0v) is 16.1. The second-order valence-corrected chi connectivity index (χ2v) is 7.42. The van der Waals surface area contributed by atoms with Crippen molar-refractivity contribution in [1.82, 2.24) is 9.78 Å². The van der Waals surface area contributed by atoms with Gasteiger partial charge in [-0.05, 0) is 42.7 Å². The molecule has 0 spiro atoms. The minimum atomic E-state index is -0.377. The number of carbonyl (C=O) groups excluding carboxylic acids is 2. The van der Waals surface area contributed by atoms with Gasteiger partial charge in [-0.2, -0.15) is 5.10 Å². The zero-order chi connectivity index (χ0) is 20.7. The van der Waals surface area contributed by atoms with Crippen LogP contribution in [0.2, 0.25) is 0 Å². The molecule has 0 saturated carbocycles. The molecule has 0 unspecified atom stereocenters. The largest absolute Gasteiger partial charge is 0.343 e. The van der Waals surface area contributed by atoms with Gasteiger partial charge in [-0.15, -0.1) is 0 Å². The topological polar surface area (TPSA) is 76.0 Å². The summed E-state index contributed by atoms with van der Waals surface area (Å²) in [5.74, 6) is -0.0638. The van der Waals surface area contributed by atoms with Crippen molar-refractivity contribution in [2.24, 2.45) is 0 Å². The first kappa shape index (κ1) is 18.3. The Balaban J connectivity index is 1.56. The summed E-state index contributed by atoms with van der Waals surface area (Å²) in [6, 6.07) is 14.9. The van der Waals surface area contributed by atoms with Crippen LogP contribution in [0.25, 0.3) is 0 Å². The minimum absolute atomic E-state index is 0.107. The lowest BCUT2D eigenvalue weighted by Gasteiger charge is -2.33. The number of ketones is 1. The van der Waals surface area contributed by atoms with Crippen molar-refractivity contribution in [3.8, 4) is 0 Å². The number of carbonyl (C=O) groups is 2. The first-order valence-corrected chi connectivity index (χ1v) is 9.84. The van der Waals surface area contributed by atoms with E-state index in [1.807, 2.05) is 30.3 Å². The molecule has 1 amide bonds. The van der Waals surface area contributed by atoms with E-state index in [-0.39, 0.29) is 23.5 Å². The number of rotatable bonds is 3. The van der Waals surface area contributed by atoms with Crippen molar-refractivity contribution in [2.45, 2.75) is 25.3 Å². The first-order chi connectivity index (χ1) is 14.6. The molecule has 1 aromatic heterocycles. The standard InChI is InChI=1S/C23H19FN4O2/c24-15-9-11-16(12-10-15)26-23(30)17-13-25-28-21(14-5-2-1-3-6-14)20-18(27-22(17)28)7-4-8-19(20)29/h1-3,5-6,9-13,21,27H,4,7-8H2,(H,26,30)/t21-/m1/s1. The Morgan fingerprint density at radius 3 is 2.63 bits per heavy atom. The van der Waals surface area contributed by atoms with Crippen molar-refractivity contribution < 1.29 is 14.0 Å². The van der Waals surface area contributed by atoms with Gasteiger partial charge in [0.2, 0.25) is 0 Å². The molecule has 1 atom stereocenters. The second-order valence-electron chi connectivity index (χ2n) is 7.42. The van der Waals surface area contributed by atoms with Crippen LogP contribution in [0.15, 0.2) is 72.1 Å². The smallest absolute Gasteiger partial charge is 0.261 e. The number of benzene rings is 2. The van der Waals surface area contributed by atoms with Gasteiger partial charge in [-0.25, -0.2) is 9.07 Å². The van der Waals surface area contributed by atoms with Crippen LogP contribution < -0.4 is 10.6 Å². The van der Waals surface area contributed by atoms with Crippen LogP contribution in [0.4, 0.5) is 15.9 Å². The Morgan fingerprint density at radius 2 is 1.87 bits per heavy atom. The molecule has 30 heavy (non-hydrogen) atoms. The number of amides is 1. The number of fused-ring (bicyclic) bond motifs is 1. The first-order valence-electron chi connectivity index (χ1n) is 9.84. The summed E-state index contributed by atoms with van der Waals surface area (Å²) in [5, 5.41) is 10.5. The predicted molar refractivity (Wildman–Crippen MR) is 111 cm³/mol. The third kappa shape index (κ3) is 3.08. The second kappa shape index (κ2) is 7.26. The normalized spacial score (nSPS) is 17.8. The molecule has 7 heteroatoms. The quantitative estimate of drug-likeness (QED) is 0.685. The molecule has 2 aliphatic rings. The van der Waals surface area contributed by atoms with Crippen LogP contribution in [0.1, 0.15) is 41.2 Å². The number of hydrogen-bond donors (Lipinski definition) is 2. The van der Waals surface area contributed by atoms with Gasteiger partial charge in [0.1, 0.15) is 23.2 Å². The van der Waals surface area contributed by atoms with E-state index in [2.05, 4.69) is 15.7 Å². The third-order valence-corrected chi connectivity index (χ3v) is 5.50. The van der Waals surface area contributed by atoms with E-state index in [0.29, 0.717) is 29.1 Å². The molecule has 2 aromatic carbocycles. The highest BCUT2D eigenvalue weighted by atomic mass is 19.1. The number of hydrogen-bond acceptors (Lipinski definition) is 4. The summed E-state index contributed by atoms with van der Waals surface area (Å²) in [6.07, 6.45) is 3.53. The van der Waals surface area contributed by atoms with Gasteiger partial charge in [0.05, 0.1) is 6.20 Å². The minimum Gasteiger partial charge on any atom is -0.343 e. The van der Waals surface area contributed by atoms with E-state index in [9.17, 15) is 14.0 Å². The highest BCUT2D eigenvalue weighted by molar-refractivity contribution is 6.08. The zero-order valence-electron chi connectivity index (χ0n) is 16.1. The molecule has 6 nitrogen and oxygen atoms in total. The van der Waals surface area contributed by atoms with E-state index < -0.39 is 0 Å². The van der Waals surface area contributed by atoms with Crippen molar-refractivity contribution in [1.29, 1.82) is 0 Å². The van der Waals surface area contributed by atoms with Gasteiger partial charge in [-0.3, -0.25) is 9.59 Å². The fourth-order valence-electron chi connectivity index (χ4n) is 4.10. The molecule has 2 N–H and O–H groups in total. The van der Waals surface area contributed by atoms with Crippen LogP contribution in [-0.2, 0) is 4.79 Å². The molecular weight excluding hydrogens is 383 g/mol. The molecule has 0 saturated heterocycles. The summed E-state index contributed by atoms with van der Waals surface area (Å²) < 4.78 is 14.9. The fourth-order valence-corrected chi connectivity index (χ4v) is 4.10. The Labute approximate surface area is 172 Å². The highest BCUT2D eigenvalue weighted by Crippen LogP contribution is 2.41. The summed E-state index contributed by atoms with van der Waals surface area (Å²) in [7, 11) is 0. The predicted octanol–water partition coefficient (Wildman–Crippen LogP) is 4.30. The molecule has 1 aliphatic carbocycles. The number of halogens is 1. The maximum absolute atomic E-state index is 13.1. The van der Waals surface area contributed by atoms with Crippen molar-refractivity contribution in [3.05, 3.63) is 89.0 Å². The van der Waals surface area contributed by atoms with E-state index >= 15 is 0 Å². The van der Waals surface area contributed by atoms with E-state index in [0.717, 1.165) is 24.1 Å². The Bertz CT molecular complexity index is 1170. The molecule has 0 radical (unpaired) electrons. The molecule has 3 aromatic rings.